The normalized spacial score (nSPS) is 12.6. The molecule has 0 spiro atoms. The summed E-state index contributed by atoms with van der Waals surface area (Å²) in [5, 5.41) is 10.3. The summed E-state index contributed by atoms with van der Waals surface area (Å²) in [5.74, 6) is 6.83. The predicted molar refractivity (Wildman–Crippen MR) is 123 cm³/mol. The monoisotopic (exact) mass is 425 g/mol. The van der Waals surface area contributed by atoms with Crippen LogP contribution in [0.1, 0.15) is 41.8 Å². The number of imidazole rings is 1. The third-order valence-corrected chi connectivity index (χ3v) is 5.39. The van der Waals surface area contributed by atoms with E-state index in [1.54, 1.807) is 24.5 Å². The van der Waals surface area contributed by atoms with Crippen molar-refractivity contribution in [3.05, 3.63) is 108 Å². The first-order valence-electron chi connectivity index (χ1n) is 10.6. The Balaban J connectivity index is 1.43. The van der Waals surface area contributed by atoms with Crippen molar-refractivity contribution in [1.82, 2.24) is 15.0 Å². The van der Waals surface area contributed by atoms with E-state index in [2.05, 4.69) is 38.9 Å². The number of aromatic nitrogens is 3. The molecule has 2 N–H and O–H groups in total. The molecule has 2 heterocycles. The van der Waals surface area contributed by atoms with E-state index in [1.165, 1.54) is 17.7 Å². The van der Waals surface area contributed by atoms with Crippen LogP contribution in [0.4, 0.5) is 4.39 Å². The molecule has 32 heavy (non-hydrogen) atoms. The molecule has 160 valence electrons. The average Bonchev–Trinajstić information content (AvgIpc) is 3.32. The number of nitrogens with zero attached hydrogens (tertiary/aromatic N) is 2. The van der Waals surface area contributed by atoms with Gasteiger partial charge < -0.3 is 10.1 Å². The summed E-state index contributed by atoms with van der Waals surface area (Å²) in [4.78, 5) is 12.0. The number of hydrogen-bond acceptors (Lipinski definition) is 3. The molecule has 0 bridgehead atoms. The summed E-state index contributed by atoms with van der Waals surface area (Å²) in [6.07, 6.45) is 6.71. The van der Waals surface area contributed by atoms with Crippen molar-refractivity contribution < 1.29 is 9.50 Å². The largest absolute Gasteiger partial charge is 0.376 e. The number of rotatable bonds is 7. The molecule has 4 aromatic rings. The Bertz CT molecular complexity index is 1180. The second-order valence-corrected chi connectivity index (χ2v) is 7.61. The third-order valence-electron chi connectivity index (χ3n) is 5.39. The first kappa shape index (κ1) is 21.5. The molecule has 0 radical (unpaired) electrons. The molecular weight excluding hydrogens is 401 g/mol. The highest BCUT2D eigenvalue weighted by Gasteiger charge is 2.13. The fraction of sp³-hybridized carbons (Fsp3) is 0.185. The highest BCUT2D eigenvalue weighted by Crippen LogP contribution is 2.25. The van der Waals surface area contributed by atoms with Gasteiger partial charge in [0.05, 0.1) is 11.9 Å². The minimum Gasteiger partial charge on any atom is -0.376 e. The molecule has 0 amide bonds. The summed E-state index contributed by atoms with van der Waals surface area (Å²) in [5.41, 5.74) is 3.83. The van der Waals surface area contributed by atoms with Crippen LogP contribution in [0.2, 0.25) is 0 Å². The average molecular weight is 426 g/mol. The van der Waals surface area contributed by atoms with E-state index in [0.29, 0.717) is 12.0 Å². The van der Waals surface area contributed by atoms with Crippen LogP contribution in [0, 0.1) is 17.7 Å². The summed E-state index contributed by atoms with van der Waals surface area (Å²) in [7, 11) is 0. The Hall–Kier alpha value is -3.75. The van der Waals surface area contributed by atoms with Crippen LogP contribution in [0.15, 0.2) is 85.3 Å². The summed E-state index contributed by atoms with van der Waals surface area (Å²) in [6.45, 7) is 0. The molecule has 2 unspecified atom stereocenters. The van der Waals surface area contributed by atoms with Gasteiger partial charge in [-0.15, -0.1) is 0 Å². The maximum absolute atomic E-state index is 13.1. The van der Waals surface area contributed by atoms with Gasteiger partial charge in [0.25, 0.3) is 0 Å². The lowest BCUT2D eigenvalue weighted by Crippen LogP contribution is -2.02. The van der Waals surface area contributed by atoms with E-state index >= 15 is 0 Å². The maximum atomic E-state index is 13.1. The Morgan fingerprint density at radius 2 is 1.69 bits per heavy atom. The highest BCUT2D eigenvalue weighted by molar-refractivity contribution is 5.57. The molecule has 0 fully saturated rings. The van der Waals surface area contributed by atoms with E-state index < -0.39 is 6.10 Å². The van der Waals surface area contributed by atoms with Crippen molar-refractivity contribution in [2.75, 3.05) is 0 Å². The highest BCUT2D eigenvalue weighted by atomic mass is 19.1. The number of aliphatic hydroxyl groups excluding tert-OH is 1. The fourth-order valence-corrected chi connectivity index (χ4v) is 3.60. The molecular formula is C27H24FN3O. The Labute approximate surface area is 187 Å². The van der Waals surface area contributed by atoms with Crippen molar-refractivity contribution in [3.8, 4) is 23.1 Å². The van der Waals surface area contributed by atoms with Gasteiger partial charge in [0, 0.05) is 30.8 Å². The minimum atomic E-state index is -0.931. The topological polar surface area (TPSA) is 61.8 Å². The minimum absolute atomic E-state index is 0.207. The SMILES string of the molecule is OC(C#CCC(CCc1ncc(-c2ccncc2)[nH]1)c1ccccc1)c1ccc(F)cc1. The first-order valence-corrected chi connectivity index (χ1v) is 10.6. The number of H-pyrrole nitrogens is 1. The van der Waals surface area contributed by atoms with Crippen molar-refractivity contribution in [2.45, 2.75) is 31.3 Å². The van der Waals surface area contributed by atoms with Gasteiger partial charge >= 0.3 is 0 Å². The summed E-state index contributed by atoms with van der Waals surface area (Å²) < 4.78 is 13.1. The van der Waals surface area contributed by atoms with Gasteiger partial charge in [0.15, 0.2) is 0 Å². The molecule has 4 rings (SSSR count). The Morgan fingerprint density at radius 1 is 0.938 bits per heavy atom. The molecule has 0 aliphatic rings. The number of benzene rings is 2. The van der Waals surface area contributed by atoms with Crippen molar-refractivity contribution in [1.29, 1.82) is 0 Å². The van der Waals surface area contributed by atoms with Gasteiger partial charge in [0.2, 0.25) is 0 Å². The van der Waals surface area contributed by atoms with E-state index in [1.807, 2.05) is 36.5 Å². The van der Waals surface area contributed by atoms with Crippen LogP contribution in [0.25, 0.3) is 11.3 Å². The molecule has 0 aliphatic carbocycles. The number of halogens is 1. The van der Waals surface area contributed by atoms with Crippen LogP contribution in [0.3, 0.4) is 0 Å². The number of aromatic amines is 1. The number of aliphatic hydroxyl groups is 1. The smallest absolute Gasteiger partial charge is 0.140 e. The molecule has 2 aromatic heterocycles. The van der Waals surface area contributed by atoms with E-state index in [0.717, 1.165) is 29.9 Å². The quantitative estimate of drug-likeness (QED) is 0.387. The lowest BCUT2D eigenvalue weighted by Gasteiger charge is -2.14. The summed E-state index contributed by atoms with van der Waals surface area (Å²) in [6, 6.07) is 19.9. The van der Waals surface area contributed by atoms with Crippen molar-refractivity contribution in [2.24, 2.45) is 0 Å². The van der Waals surface area contributed by atoms with Gasteiger partial charge in [-0.3, -0.25) is 4.98 Å². The zero-order valence-corrected chi connectivity index (χ0v) is 17.6. The van der Waals surface area contributed by atoms with Crippen LogP contribution in [0.5, 0.6) is 0 Å². The molecule has 0 saturated heterocycles. The molecule has 2 aromatic carbocycles. The van der Waals surface area contributed by atoms with Crippen LogP contribution < -0.4 is 0 Å². The van der Waals surface area contributed by atoms with Crippen molar-refractivity contribution >= 4 is 0 Å². The standard InChI is InChI=1S/C27H24FN3O/c28-24-12-9-23(10-13-24)26(32)8-4-7-21(20-5-2-1-3-6-20)11-14-27-30-19-25(31-27)22-15-17-29-18-16-22/h1-3,5-6,9-10,12-13,15-19,21,26,32H,7,11,14H2,(H,30,31). The molecule has 4 nitrogen and oxygen atoms in total. The number of aryl methyl sites for hydroxylation is 1. The van der Waals surface area contributed by atoms with Gasteiger partial charge in [-0.1, -0.05) is 54.3 Å². The summed E-state index contributed by atoms with van der Waals surface area (Å²) >= 11 is 0. The van der Waals surface area contributed by atoms with Crippen molar-refractivity contribution in [3.63, 3.8) is 0 Å². The van der Waals surface area contributed by atoms with Gasteiger partial charge in [-0.25, -0.2) is 9.37 Å². The van der Waals surface area contributed by atoms with E-state index in [-0.39, 0.29) is 11.7 Å². The number of hydrogen-bond donors (Lipinski definition) is 2. The van der Waals surface area contributed by atoms with Crippen LogP contribution in [-0.4, -0.2) is 20.1 Å². The van der Waals surface area contributed by atoms with Gasteiger partial charge in [-0.2, -0.15) is 0 Å². The zero-order valence-electron chi connectivity index (χ0n) is 17.6. The number of nitrogens with one attached hydrogen (secondary N) is 1. The lowest BCUT2D eigenvalue weighted by molar-refractivity contribution is 0.238. The molecule has 5 heteroatoms. The van der Waals surface area contributed by atoms with E-state index in [9.17, 15) is 9.50 Å². The Morgan fingerprint density at radius 3 is 2.44 bits per heavy atom. The predicted octanol–water partition coefficient (Wildman–Crippen LogP) is 5.45. The van der Waals surface area contributed by atoms with Gasteiger partial charge in [-0.05, 0) is 47.7 Å². The van der Waals surface area contributed by atoms with Crippen LogP contribution in [-0.2, 0) is 6.42 Å². The molecule has 0 saturated carbocycles. The first-order chi connectivity index (χ1) is 15.7. The molecule has 0 aliphatic heterocycles. The van der Waals surface area contributed by atoms with Gasteiger partial charge in [0.1, 0.15) is 17.7 Å². The number of pyridine rings is 1. The second kappa shape index (κ2) is 10.5. The molecule has 2 atom stereocenters. The van der Waals surface area contributed by atoms with Crippen LogP contribution >= 0.6 is 0 Å². The maximum Gasteiger partial charge on any atom is 0.140 e. The Kier molecular flexibility index (Phi) is 7.06. The van der Waals surface area contributed by atoms with E-state index in [4.69, 9.17) is 0 Å². The zero-order chi connectivity index (χ0) is 22.2. The third kappa shape index (κ3) is 5.69. The second-order valence-electron chi connectivity index (χ2n) is 7.61. The lowest BCUT2D eigenvalue weighted by atomic mass is 9.91. The fourth-order valence-electron chi connectivity index (χ4n) is 3.60.